The summed E-state index contributed by atoms with van der Waals surface area (Å²) >= 11 is 0. The molecule has 0 saturated carbocycles. The number of hydrogen-bond acceptors (Lipinski definition) is 2. The Morgan fingerprint density at radius 2 is 1.88 bits per heavy atom. The molecule has 4 heteroatoms. The lowest BCUT2D eigenvalue weighted by Crippen LogP contribution is -2.32. The minimum atomic E-state index is -0.314. The first-order valence-electron chi connectivity index (χ1n) is 8.97. The fraction of sp³-hybridized carbons (Fsp3) is 0.381. The van der Waals surface area contributed by atoms with Crippen LogP contribution in [0.5, 0.6) is 0 Å². The fourth-order valence-corrected chi connectivity index (χ4v) is 3.35. The predicted octanol–water partition coefficient (Wildman–Crippen LogP) is 3.05. The smallest absolute Gasteiger partial charge is 0.224 e. The second-order valence-corrected chi connectivity index (χ2v) is 6.76. The van der Waals surface area contributed by atoms with Crippen molar-refractivity contribution < 1.29 is 9.18 Å². The summed E-state index contributed by atoms with van der Waals surface area (Å²) in [6.07, 6.45) is 2.28. The molecule has 0 aliphatic carbocycles. The van der Waals surface area contributed by atoms with E-state index in [9.17, 15) is 9.18 Å². The van der Waals surface area contributed by atoms with Crippen molar-refractivity contribution in [3.63, 3.8) is 0 Å². The van der Waals surface area contributed by atoms with E-state index < -0.39 is 0 Å². The zero-order chi connectivity index (χ0) is 17.5. The van der Waals surface area contributed by atoms with E-state index in [1.807, 2.05) is 6.07 Å². The minimum Gasteiger partial charge on any atom is -0.355 e. The van der Waals surface area contributed by atoms with Gasteiger partial charge in [0.05, 0.1) is 6.42 Å². The van der Waals surface area contributed by atoms with Crippen molar-refractivity contribution in [2.45, 2.75) is 19.3 Å². The second-order valence-electron chi connectivity index (χ2n) is 6.76. The zero-order valence-corrected chi connectivity index (χ0v) is 14.5. The highest BCUT2D eigenvalue weighted by Crippen LogP contribution is 2.16. The Hall–Kier alpha value is -2.20. The molecule has 1 N–H and O–H groups in total. The van der Waals surface area contributed by atoms with Gasteiger partial charge in [-0.1, -0.05) is 48.5 Å². The molecule has 1 saturated heterocycles. The Morgan fingerprint density at radius 1 is 1.12 bits per heavy atom. The summed E-state index contributed by atoms with van der Waals surface area (Å²) in [4.78, 5) is 14.5. The number of nitrogens with zero attached hydrogens (tertiary/aromatic N) is 1. The molecular weight excluding hydrogens is 315 g/mol. The average molecular weight is 340 g/mol. The summed E-state index contributed by atoms with van der Waals surface area (Å²) in [6.45, 7) is 3.84. The molecular formula is C21H25FN2O. The first-order valence-corrected chi connectivity index (χ1v) is 8.97. The maximum Gasteiger partial charge on any atom is 0.224 e. The normalized spacial score (nSPS) is 17.6. The van der Waals surface area contributed by atoms with Crippen LogP contribution >= 0.6 is 0 Å². The lowest BCUT2D eigenvalue weighted by Gasteiger charge is -2.16. The van der Waals surface area contributed by atoms with Gasteiger partial charge in [0.15, 0.2) is 0 Å². The molecule has 1 aliphatic heterocycles. The van der Waals surface area contributed by atoms with E-state index in [-0.39, 0.29) is 18.1 Å². The Balaban J connectivity index is 1.37. The highest BCUT2D eigenvalue weighted by Gasteiger charge is 2.22. The van der Waals surface area contributed by atoms with E-state index >= 15 is 0 Å². The van der Waals surface area contributed by atoms with Crippen molar-refractivity contribution in [3.8, 4) is 0 Å². The van der Waals surface area contributed by atoms with Gasteiger partial charge in [-0.15, -0.1) is 0 Å². The van der Waals surface area contributed by atoms with Gasteiger partial charge in [-0.25, -0.2) is 4.39 Å². The van der Waals surface area contributed by atoms with Crippen LogP contribution in [0, 0.1) is 11.7 Å². The fourth-order valence-electron chi connectivity index (χ4n) is 3.35. The van der Waals surface area contributed by atoms with Crippen LogP contribution in [0.3, 0.4) is 0 Å². The standard InChI is InChI=1S/C21H25FN2O/c22-20-9-5-4-8-19(20)14-21(25)23-15-18-11-13-24(16-18)12-10-17-6-2-1-3-7-17/h1-9,18H,10-16H2,(H,23,25)/t18-/m1/s1. The lowest BCUT2D eigenvalue weighted by atomic mass is 10.1. The molecule has 25 heavy (non-hydrogen) atoms. The SMILES string of the molecule is O=C(Cc1ccccc1F)NC[C@H]1CCN(CCc2ccccc2)C1. The van der Waals surface area contributed by atoms with Crippen molar-refractivity contribution in [1.29, 1.82) is 0 Å². The van der Waals surface area contributed by atoms with E-state index in [0.717, 1.165) is 32.5 Å². The predicted molar refractivity (Wildman–Crippen MR) is 97.8 cm³/mol. The summed E-state index contributed by atoms with van der Waals surface area (Å²) in [5, 5.41) is 2.96. The van der Waals surface area contributed by atoms with E-state index in [4.69, 9.17) is 0 Å². The largest absolute Gasteiger partial charge is 0.355 e. The molecule has 132 valence electrons. The van der Waals surface area contributed by atoms with Gasteiger partial charge in [0, 0.05) is 19.6 Å². The average Bonchev–Trinajstić information content (AvgIpc) is 3.09. The third-order valence-electron chi connectivity index (χ3n) is 4.83. The van der Waals surface area contributed by atoms with Crippen LogP contribution in [0.4, 0.5) is 4.39 Å². The number of carbonyl (C=O) groups excluding carboxylic acids is 1. The van der Waals surface area contributed by atoms with E-state index in [1.54, 1.807) is 18.2 Å². The number of halogens is 1. The molecule has 2 aromatic carbocycles. The molecule has 3 rings (SSSR count). The van der Waals surface area contributed by atoms with Gasteiger partial charge >= 0.3 is 0 Å². The Bertz CT molecular complexity index is 689. The third-order valence-corrected chi connectivity index (χ3v) is 4.83. The molecule has 3 nitrogen and oxygen atoms in total. The van der Waals surface area contributed by atoms with Gasteiger partial charge in [0.25, 0.3) is 0 Å². The van der Waals surface area contributed by atoms with Crippen LogP contribution < -0.4 is 5.32 Å². The lowest BCUT2D eigenvalue weighted by molar-refractivity contribution is -0.120. The topological polar surface area (TPSA) is 32.3 Å². The molecule has 0 unspecified atom stereocenters. The summed E-state index contributed by atoms with van der Waals surface area (Å²) < 4.78 is 13.6. The monoisotopic (exact) mass is 340 g/mol. The molecule has 1 heterocycles. The molecule has 0 bridgehead atoms. The van der Waals surface area contributed by atoms with E-state index in [1.165, 1.54) is 11.6 Å². The summed E-state index contributed by atoms with van der Waals surface area (Å²) in [5.41, 5.74) is 1.82. The third kappa shape index (κ3) is 5.40. The van der Waals surface area contributed by atoms with Crippen LogP contribution in [-0.2, 0) is 17.6 Å². The van der Waals surface area contributed by atoms with Crippen LogP contribution in [0.1, 0.15) is 17.5 Å². The summed E-state index contributed by atoms with van der Waals surface area (Å²) in [7, 11) is 0. The number of rotatable bonds is 7. The first kappa shape index (κ1) is 17.6. The minimum absolute atomic E-state index is 0.104. The Morgan fingerprint density at radius 3 is 2.68 bits per heavy atom. The van der Waals surface area contributed by atoms with Crippen LogP contribution in [0.2, 0.25) is 0 Å². The molecule has 2 aromatic rings. The van der Waals surface area contributed by atoms with E-state index in [0.29, 0.717) is 18.0 Å². The van der Waals surface area contributed by atoms with Gasteiger partial charge < -0.3 is 10.2 Å². The van der Waals surface area contributed by atoms with Crippen molar-refractivity contribution >= 4 is 5.91 Å². The Kier molecular flexibility index (Phi) is 6.18. The van der Waals surface area contributed by atoms with Gasteiger partial charge in [0.2, 0.25) is 5.91 Å². The van der Waals surface area contributed by atoms with Crippen LogP contribution in [0.25, 0.3) is 0 Å². The van der Waals surface area contributed by atoms with E-state index in [2.05, 4.69) is 34.5 Å². The number of benzene rings is 2. The van der Waals surface area contributed by atoms with Crippen molar-refractivity contribution in [1.82, 2.24) is 10.2 Å². The molecule has 0 radical (unpaired) electrons. The first-order chi connectivity index (χ1) is 12.2. The Labute approximate surface area is 148 Å². The maximum absolute atomic E-state index is 13.6. The quantitative estimate of drug-likeness (QED) is 0.840. The van der Waals surface area contributed by atoms with Crippen molar-refractivity contribution in [3.05, 3.63) is 71.5 Å². The highest BCUT2D eigenvalue weighted by atomic mass is 19.1. The molecule has 1 atom stereocenters. The van der Waals surface area contributed by atoms with Crippen molar-refractivity contribution in [2.24, 2.45) is 5.92 Å². The van der Waals surface area contributed by atoms with Crippen molar-refractivity contribution in [2.75, 3.05) is 26.2 Å². The molecule has 0 aromatic heterocycles. The molecule has 1 fully saturated rings. The van der Waals surface area contributed by atoms with Crippen LogP contribution in [0.15, 0.2) is 54.6 Å². The number of carbonyl (C=O) groups is 1. The van der Waals surface area contributed by atoms with Gasteiger partial charge in [-0.3, -0.25) is 4.79 Å². The number of amides is 1. The molecule has 1 aliphatic rings. The number of nitrogens with one attached hydrogen (secondary N) is 1. The summed E-state index contributed by atoms with van der Waals surface area (Å²) in [6, 6.07) is 17.0. The molecule has 1 amide bonds. The maximum atomic E-state index is 13.6. The van der Waals surface area contributed by atoms with Gasteiger partial charge in [-0.05, 0) is 42.5 Å². The summed E-state index contributed by atoms with van der Waals surface area (Å²) in [5.74, 6) is 0.0683. The second kappa shape index (κ2) is 8.77. The molecule has 0 spiro atoms. The highest BCUT2D eigenvalue weighted by molar-refractivity contribution is 5.78. The van der Waals surface area contributed by atoms with Gasteiger partial charge in [-0.2, -0.15) is 0 Å². The van der Waals surface area contributed by atoms with Gasteiger partial charge in [0.1, 0.15) is 5.82 Å². The number of likely N-dealkylation sites (tertiary alicyclic amines) is 1. The zero-order valence-electron chi connectivity index (χ0n) is 14.5. The number of hydrogen-bond donors (Lipinski definition) is 1. The van der Waals surface area contributed by atoms with Crippen LogP contribution in [-0.4, -0.2) is 37.0 Å².